The highest BCUT2D eigenvalue weighted by atomic mass is 32.2. The number of hydrogen-bond acceptors (Lipinski definition) is 5. The molecule has 0 bridgehead atoms. The van der Waals surface area contributed by atoms with Gasteiger partial charge in [-0.15, -0.1) is 0 Å². The molecular formula is C12H26N2O2S2. The minimum atomic E-state index is -2.93. The van der Waals surface area contributed by atoms with Crippen molar-refractivity contribution in [3.8, 4) is 0 Å². The van der Waals surface area contributed by atoms with Crippen molar-refractivity contribution in [2.45, 2.75) is 32.1 Å². The molecule has 0 aromatic heterocycles. The predicted molar refractivity (Wildman–Crippen MR) is 79.9 cm³/mol. The van der Waals surface area contributed by atoms with Crippen LogP contribution in [0.4, 0.5) is 0 Å². The van der Waals surface area contributed by atoms with Gasteiger partial charge in [0.1, 0.15) is 5.37 Å². The van der Waals surface area contributed by atoms with Crippen LogP contribution in [0.3, 0.4) is 0 Å². The number of nitrogens with zero attached hydrogens (tertiary/aromatic N) is 1. The fourth-order valence-electron chi connectivity index (χ4n) is 2.10. The largest absolute Gasteiger partial charge is 0.317 e. The fourth-order valence-corrected chi connectivity index (χ4v) is 5.21. The van der Waals surface area contributed by atoms with Crippen molar-refractivity contribution in [2.24, 2.45) is 0 Å². The van der Waals surface area contributed by atoms with Crippen molar-refractivity contribution < 1.29 is 8.42 Å². The van der Waals surface area contributed by atoms with Gasteiger partial charge >= 0.3 is 0 Å². The zero-order valence-corrected chi connectivity index (χ0v) is 13.2. The van der Waals surface area contributed by atoms with Crippen LogP contribution in [0.15, 0.2) is 0 Å². The third kappa shape index (κ3) is 5.07. The van der Waals surface area contributed by atoms with Gasteiger partial charge in [-0.3, -0.25) is 4.90 Å². The van der Waals surface area contributed by atoms with E-state index < -0.39 is 9.84 Å². The average molecular weight is 294 g/mol. The molecule has 0 aliphatic carbocycles. The van der Waals surface area contributed by atoms with Gasteiger partial charge in [-0.25, -0.2) is 8.42 Å². The van der Waals surface area contributed by atoms with Crippen molar-refractivity contribution in [3.05, 3.63) is 0 Å². The molecule has 1 aliphatic heterocycles. The minimum Gasteiger partial charge on any atom is -0.317 e. The van der Waals surface area contributed by atoms with Gasteiger partial charge in [0.15, 0.2) is 9.84 Å². The van der Waals surface area contributed by atoms with Gasteiger partial charge in [0.25, 0.3) is 0 Å². The topological polar surface area (TPSA) is 49.4 Å². The number of sulfone groups is 1. The second-order valence-corrected chi connectivity index (χ2v) is 8.22. The maximum Gasteiger partial charge on any atom is 0.166 e. The van der Waals surface area contributed by atoms with Crippen LogP contribution >= 0.6 is 11.8 Å². The summed E-state index contributed by atoms with van der Waals surface area (Å²) in [6.45, 7) is 7.72. The third-order valence-corrected chi connectivity index (χ3v) is 6.57. The molecule has 108 valence electrons. The summed E-state index contributed by atoms with van der Waals surface area (Å²) in [5, 5.41) is 3.10. The monoisotopic (exact) mass is 294 g/mol. The van der Waals surface area contributed by atoms with E-state index in [4.69, 9.17) is 0 Å². The summed E-state index contributed by atoms with van der Waals surface area (Å²) in [7, 11) is -2.93. The first kappa shape index (κ1) is 16.3. The number of nitrogens with one attached hydrogen (secondary N) is 1. The molecule has 0 aromatic rings. The number of rotatable bonds is 8. The molecule has 1 unspecified atom stereocenters. The van der Waals surface area contributed by atoms with Crippen LogP contribution in [0.25, 0.3) is 0 Å². The number of hydrogen-bond donors (Lipinski definition) is 1. The van der Waals surface area contributed by atoms with Crippen LogP contribution in [0.5, 0.6) is 0 Å². The molecule has 1 atom stereocenters. The smallest absolute Gasteiger partial charge is 0.166 e. The van der Waals surface area contributed by atoms with E-state index in [9.17, 15) is 8.42 Å². The molecule has 6 heteroatoms. The van der Waals surface area contributed by atoms with E-state index in [0.29, 0.717) is 0 Å². The van der Waals surface area contributed by atoms with Crippen LogP contribution in [-0.4, -0.2) is 62.1 Å². The lowest BCUT2D eigenvalue weighted by molar-refractivity contribution is 0.265. The first-order valence-corrected chi connectivity index (χ1v) is 9.73. The second kappa shape index (κ2) is 8.40. The van der Waals surface area contributed by atoms with Crippen LogP contribution < -0.4 is 5.32 Å². The first-order chi connectivity index (χ1) is 8.61. The molecule has 0 radical (unpaired) electrons. The Labute approximate surface area is 116 Å². The summed E-state index contributed by atoms with van der Waals surface area (Å²) < 4.78 is 24.1. The van der Waals surface area contributed by atoms with Gasteiger partial charge in [-0.2, -0.15) is 11.8 Å². The summed E-state index contributed by atoms with van der Waals surface area (Å²) in [6, 6.07) is 0. The molecular weight excluding hydrogens is 268 g/mol. The standard InChI is InChI=1S/C12H26N2O2S2/c1-3-6-13-7-5-8-14-9-10-17-11-12(14)18(15,16)4-2/h12-13H,3-11H2,1-2H3. The average Bonchev–Trinajstić information content (AvgIpc) is 2.39. The molecule has 1 N–H and O–H groups in total. The van der Waals surface area contributed by atoms with Crippen molar-refractivity contribution in [3.63, 3.8) is 0 Å². The quantitative estimate of drug-likeness (QED) is 0.681. The van der Waals surface area contributed by atoms with Gasteiger partial charge in [-0.05, 0) is 25.9 Å². The van der Waals surface area contributed by atoms with E-state index in [-0.39, 0.29) is 11.1 Å². The Morgan fingerprint density at radius 3 is 2.78 bits per heavy atom. The molecule has 0 saturated carbocycles. The Balaban J connectivity index is 2.40. The lowest BCUT2D eigenvalue weighted by Crippen LogP contribution is -2.48. The number of thioether (sulfide) groups is 1. The van der Waals surface area contributed by atoms with Gasteiger partial charge in [0.2, 0.25) is 0 Å². The van der Waals surface area contributed by atoms with Crippen LogP contribution in [0.1, 0.15) is 26.7 Å². The van der Waals surface area contributed by atoms with E-state index in [0.717, 1.165) is 50.5 Å². The normalized spacial score (nSPS) is 22.2. The highest BCUT2D eigenvalue weighted by Crippen LogP contribution is 2.21. The predicted octanol–water partition coefficient (Wildman–Crippen LogP) is 1.19. The lowest BCUT2D eigenvalue weighted by atomic mass is 10.3. The summed E-state index contributed by atoms with van der Waals surface area (Å²) >= 11 is 1.76. The summed E-state index contributed by atoms with van der Waals surface area (Å²) in [5.41, 5.74) is 0. The zero-order chi connectivity index (χ0) is 13.4. The molecule has 1 fully saturated rings. The molecule has 1 heterocycles. The summed E-state index contributed by atoms with van der Waals surface area (Å²) in [6.07, 6.45) is 2.17. The van der Waals surface area contributed by atoms with Crippen LogP contribution in [-0.2, 0) is 9.84 Å². The molecule has 0 amide bonds. The minimum absolute atomic E-state index is 0.253. The van der Waals surface area contributed by atoms with Crippen LogP contribution in [0, 0.1) is 0 Å². The van der Waals surface area contributed by atoms with E-state index in [2.05, 4.69) is 17.1 Å². The Morgan fingerprint density at radius 2 is 2.11 bits per heavy atom. The van der Waals surface area contributed by atoms with Crippen molar-refractivity contribution >= 4 is 21.6 Å². The Kier molecular flexibility index (Phi) is 7.60. The van der Waals surface area contributed by atoms with E-state index in [1.54, 1.807) is 18.7 Å². The molecule has 18 heavy (non-hydrogen) atoms. The van der Waals surface area contributed by atoms with Gasteiger partial charge in [0, 0.05) is 30.3 Å². The molecule has 1 aliphatic rings. The Morgan fingerprint density at radius 1 is 1.33 bits per heavy atom. The van der Waals surface area contributed by atoms with E-state index >= 15 is 0 Å². The maximum absolute atomic E-state index is 12.0. The lowest BCUT2D eigenvalue weighted by Gasteiger charge is -2.34. The van der Waals surface area contributed by atoms with E-state index in [1.165, 1.54) is 0 Å². The molecule has 1 rings (SSSR count). The van der Waals surface area contributed by atoms with E-state index in [1.807, 2.05) is 0 Å². The highest BCUT2D eigenvalue weighted by Gasteiger charge is 2.32. The molecule has 1 saturated heterocycles. The second-order valence-electron chi connectivity index (χ2n) is 4.62. The van der Waals surface area contributed by atoms with Gasteiger partial charge in [0.05, 0.1) is 0 Å². The zero-order valence-electron chi connectivity index (χ0n) is 11.5. The summed E-state index contributed by atoms with van der Waals surface area (Å²) in [5.74, 6) is 2.04. The summed E-state index contributed by atoms with van der Waals surface area (Å²) in [4.78, 5) is 2.16. The Bertz CT molecular complexity index is 320. The SMILES string of the molecule is CCCNCCCN1CCSCC1S(=O)(=O)CC. The Hall–Kier alpha value is 0.220. The first-order valence-electron chi connectivity index (χ1n) is 6.86. The third-order valence-electron chi connectivity index (χ3n) is 3.23. The van der Waals surface area contributed by atoms with Crippen molar-refractivity contribution in [2.75, 3.05) is 43.4 Å². The van der Waals surface area contributed by atoms with Gasteiger partial charge in [-0.1, -0.05) is 13.8 Å². The van der Waals surface area contributed by atoms with Gasteiger partial charge < -0.3 is 5.32 Å². The fraction of sp³-hybridized carbons (Fsp3) is 1.00. The van der Waals surface area contributed by atoms with Crippen molar-refractivity contribution in [1.29, 1.82) is 0 Å². The maximum atomic E-state index is 12.0. The highest BCUT2D eigenvalue weighted by molar-refractivity contribution is 8.01. The molecule has 0 aromatic carbocycles. The van der Waals surface area contributed by atoms with Crippen molar-refractivity contribution in [1.82, 2.24) is 10.2 Å². The van der Waals surface area contributed by atoms with Crippen LogP contribution in [0.2, 0.25) is 0 Å². The molecule has 0 spiro atoms. The molecule has 4 nitrogen and oxygen atoms in total.